The summed E-state index contributed by atoms with van der Waals surface area (Å²) in [6.07, 6.45) is 4.92. The number of rotatable bonds is 3. The Hall–Kier alpha value is -1.06. The van der Waals surface area contributed by atoms with E-state index in [-0.39, 0.29) is 24.4 Å². The van der Waals surface area contributed by atoms with Crippen LogP contribution in [0, 0.1) is 0 Å². The van der Waals surface area contributed by atoms with Gasteiger partial charge in [0.1, 0.15) is 0 Å². The van der Waals surface area contributed by atoms with Gasteiger partial charge in [0.2, 0.25) is 5.91 Å². The molecule has 0 saturated carbocycles. The Morgan fingerprint density at radius 3 is 2.47 bits per heavy atom. The maximum Gasteiger partial charge on any atom is 0.237 e. The Balaban J connectivity index is 0.00000180. The number of amides is 1. The van der Waals surface area contributed by atoms with Gasteiger partial charge in [-0.15, -0.1) is 12.4 Å². The van der Waals surface area contributed by atoms with Crippen LogP contribution in [0.3, 0.4) is 0 Å². The molecule has 1 aromatic rings. The van der Waals surface area contributed by atoms with Gasteiger partial charge >= 0.3 is 0 Å². The second-order valence-corrected chi connectivity index (χ2v) is 5.25. The smallest absolute Gasteiger partial charge is 0.237 e. The van der Waals surface area contributed by atoms with Gasteiger partial charge in [-0.05, 0) is 56.2 Å². The highest BCUT2D eigenvalue weighted by atomic mass is 35.5. The summed E-state index contributed by atoms with van der Waals surface area (Å²) in [5.74, 6) is -0.0970. The molecule has 106 valence electrons. The molecule has 1 unspecified atom stereocenters. The molecule has 1 aliphatic rings. The van der Waals surface area contributed by atoms with Gasteiger partial charge in [0.05, 0.1) is 12.1 Å². The summed E-state index contributed by atoms with van der Waals surface area (Å²) >= 11 is 0. The van der Waals surface area contributed by atoms with Crippen LogP contribution in [0.1, 0.15) is 49.4 Å². The second-order valence-electron chi connectivity index (χ2n) is 5.25. The van der Waals surface area contributed by atoms with Gasteiger partial charge in [-0.3, -0.25) is 4.79 Å². The highest BCUT2D eigenvalue weighted by Gasteiger charge is 2.15. The van der Waals surface area contributed by atoms with E-state index in [1.54, 1.807) is 6.92 Å². The number of carbonyl (C=O) groups is 1. The summed E-state index contributed by atoms with van der Waals surface area (Å²) in [7, 11) is 0. The molecule has 0 saturated heterocycles. The van der Waals surface area contributed by atoms with Crippen LogP contribution in [0.4, 0.5) is 0 Å². The first-order chi connectivity index (χ1) is 8.58. The molecule has 1 aromatic carbocycles. The predicted molar refractivity (Wildman–Crippen MR) is 80.5 cm³/mol. The predicted octanol–water partition coefficient (Wildman–Crippen LogP) is 2.51. The van der Waals surface area contributed by atoms with E-state index in [9.17, 15) is 4.79 Å². The molecule has 0 bridgehead atoms. The third-order valence-corrected chi connectivity index (χ3v) is 3.64. The van der Waals surface area contributed by atoms with E-state index in [2.05, 4.69) is 23.5 Å². The lowest BCUT2D eigenvalue weighted by Gasteiger charge is -2.20. The molecule has 1 aliphatic carbocycles. The average Bonchev–Trinajstić information content (AvgIpc) is 2.37. The number of benzene rings is 1. The third-order valence-electron chi connectivity index (χ3n) is 3.64. The lowest BCUT2D eigenvalue weighted by molar-refractivity contribution is -0.122. The molecule has 2 atom stereocenters. The molecule has 3 nitrogen and oxygen atoms in total. The van der Waals surface area contributed by atoms with Crippen molar-refractivity contribution in [2.45, 2.75) is 51.6 Å². The molecule has 0 spiro atoms. The van der Waals surface area contributed by atoms with E-state index in [4.69, 9.17) is 5.73 Å². The molecular formula is C15H23ClN2O. The summed E-state index contributed by atoms with van der Waals surface area (Å²) in [6.45, 7) is 3.71. The Labute approximate surface area is 121 Å². The third kappa shape index (κ3) is 3.95. The Morgan fingerprint density at radius 2 is 1.84 bits per heavy atom. The largest absolute Gasteiger partial charge is 0.348 e. The highest BCUT2D eigenvalue weighted by molar-refractivity contribution is 5.85. The molecule has 1 amide bonds. The normalized spacial score (nSPS) is 16.8. The number of nitrogens with two attached hydrogens (primary N) is 1. The van der Waals surface area contributed by atoms with Crippen LogP contribution in [-0.2, 0) is 17.6 Å². The van der Waals surface area contributed by atoms with Crippen molar-refractivity contribution in [1.29, 1.82) is 0 Å². The first-order valence-corrected chi connectivity index (χ1v) is 6.75. The van der Waals surface area contributed by atoms with Gasteiger partial charge < -0.3 is 11.1 Å². The molecule has 2 rings (SSSR count). The summed E-state index contributed by atoms with van der Waals surface area (Å²) in [5, 5.41) is 2.94. The van der Waals surface area contributed by atoms with E-state index in [0.29, 0.717) is 0 Å². The first-order valence-electron chi connectivity index (χ1n) is 6.75. The highest BCUT2D eigenvalue weighted by Crippen LogP contribution is 2.24. The van der Waals surface area contributed by atoms with Crippen molar-refractivity contribution in [3.8, 4) is 0 Å². The van der Waals surface area contributed by atoms with Crippen molar-refractivity contribution in [2.24, 2.45) is 5.73 Å². The van der Waals surface area contributed by atoms with Crippen LogP contribution in [-0.4, -0.2) is 11.9 Å². The summed E-state index contributed by atoms with van der Waals surface area (Å²) < 4.78 is 0. The summed E-state index contributed by atoms with van der Waals surface area (Å²) in [4.78, 5) is 11.6. The lowest BCUT2D eigenvalue weighted by atomic mass is 9.89. The van der Waals surface area contributed by atoms with Gasteiger partial charge in [0, 0.05) is 0 Å². The number of hydrogen-bond donors (Lipinski definition) is 2. The molecule has 0 aromatic heterocycles. The second kappa shape index (κ2) is 6.92. The number of carbonyl (C=O) groups excluding carboxylic acids is 1. The number of nitrogens with one attached hydrogen (secondary N) is 1. The Morgan fingerprint density at radius 1 is 1.21 bits per heavy atom. The Kier molecular flexibility index (Phi) is 5.83. The monoisotopic (exact) mass is 282 g/mol. The van der Waals surface area contributed by atoms with E-state index < -0.39 is 6.04 Å². The molecule has 4 heteroatoms. The number of hydrogen-bond acceptors (Lipinski definition) is 2. The van der Waals surface area contributed by atoms with Gasteiger partial charge in [-0.1, -0.05) is 18.2 Å². The summed E-state index contributed by atoms with van der Waals surface area (Å²) in [6, 6.07) is 6.13. The Bertz CT molecular complexity index is 446. The van der Waals surface area contributed by atoms with Crippen LogP contribution in [0.5, 0.6) is 0 Å². The van der Waals surface area contributed by atoms with Crippen molar-refractivity contribution in [2.75, 3.05) is 0 Å². The number of fused-ring (bicyclic) bond motifs is 1. The van der Waals surface area contributed by atoms with Crippen molar-refractivity contribution < 1.29 is 4.79 Å². The fourth-order valence-electron chi connectivity index (χ4n) is 2.45. The van der Waals surface area contributed by atoms with Crippen LogP contribution >= 0.6 is 12.4 Å². The van der Waals surface area contributed by atoms with Gasteiger partial charge in [0.25, 0.3) is 0 Å². The van der Waals surface area contributed by atoms with Crippen molar-refractivity contribution in [1.82, 2.24) is 5.32 Å². The molecule has 0 aliphatic heterocycles. The number of aryl methyl sites for hydroxylation is 2. The minimum absolute atomic E-state index is 0. The molecular weight excluding hydrogens is 260 g/mol. The quantitative estimate of drug-likeness (QED) is 0.895. The van der Waals surface area contributed by atoms with Crippen molar-refractivity contribution in [3.63, 3.8) is 0 Å². The topological polar surface area (TPSA) is 55.1 Å². The van der Waals surface area contributed by atoms with Crippen LogP contribution < -0.4 is 11.1 Å². The molecule has 3 N–H and O–H groups in total. The minimum Gasteiger partial charge on any atom is -0.348 e. The standard InChI is InChI=1S/C15H22N2O.ClH/c1-10(16)15(18)17-11(2)13-8-7-12-5-3-4-6-14(12)9-13;/h7-11H,3-6,16H2,1-2H3,(H,17,18);1H/t10-,11?;/m1./s1. The van der Waals surface area contributed by atoms with Crippen LogP contribution in [0.15, 0.2) is 18.2 Å². The van der Waals surface area contributed by atoms with Gasteiger partial charge in [0.15, 0.2) is 0 Å². The maximum absolute atomic E-state index is 11.6. The van der Waals surface area contributed by atoms with Crippen LogP contribution in [0.25, 0.3) is 0 Å². The summed E-state index contributed by atoms with van der Waals surface area (Å²) in [5.41, 5.74) is 9.65. The van der Waals surface area contributed by atoms with E-state index in [0.717, 1.165) is 6.42 Å². The minimum atomic E-state index is -0.454. The van der Waals surface area contributed by atoms with Gasteiger partial charge in [-0.2, -0.15) is 0 Å². The molecule has 0 heterocycles. The molecule has 0 fully saturated rings. The zero-order valence-corrected chi connectivity index (χ0v) is 12.4. The van der Waals surface area contributed by atoms with Crippen LogP contribution in [0.2, 0.25) is 0 Å². The number of halogens is 1. The van der Waals surface area contributed by atoms with E-state index >= 15 is 0 Å². The fraction of sp³-hybridized carbons (Fsp3) is 0.533. The maximum atomic E-state index is 11.6. The van der Waals surface area contributed by atoms with E-state index in [1.807, 2.05) is 6.92 Å². The average molecular weight is 283 g/mol. The van der Waals surface area contributed by atoms with Gasteiger partial charge in [-0.25, -0.2) is 0 Å². The molecule has 0 radical (unpaired) electrons. The SMILES string of the molecule is CC(NC(=O)[C@@H](C)N)c1ccc2c(c1)CCCC2.Cl. The molecule has 19 heavy (non-hydrogen) atoms. The van der Waals surface area contributed by atoms with E-state index in [1.165, 1.54) is 36.0 Å². The van der Waals surface area contributed by atoms with Crippen molar-refractivity contribution in [3.05, 3.63) is 34.9 Å². The first kappa shape index (κ1) is 16.0. The fourth-order valence-corrected chi connectivity index (χ4v) is 2.45. The zero-order valence-electron chi connectivity index (χ0n) is 11.6. The van der Waals surface area contributed by atoms with Crippen molar-refractivity contribution >= 4 is 18.3 Å². The zero-order chi connectivity index (χ0) is 13.1. The lowest BCUT2D eigenvalue weighted by Crippen LogP contribution is -2.39.